The lowest BCUT2D eigenvalue weighted by Crippen LogP contribution is -2.28. The van der Waals surface area contributed by atoms with Gasteiger partial charge in [0.15, 0.2) is 6.29 Å². The summed E-state index contributed by atoms with van der Waals surface area (Å²) in [5.74, 6) is -2.02. The van der Waals surface area contributed by atoms with E-state index in [1.54, 1.807) is 24.4 Å². The number of halogens is 2. The van der Waals surface area contributed by atoms with Gasteiger partial charge in [-0.3, -0.25) is 0 Å². The predicted molar refractivity (Wildman–Crippen MR) is 102 cm³/mol. The number of rotatable bonds is 4. The maximum atomic E-state index is 14.9. The Labute approximate surface area is 164 Å². The van der Waals surface area contributed by atoms with Gasteiger partial charge in [0, 0.05) is 18.2 Å². The minimum absolute atomic E-state index is 0.362. The summed E-state index contributed by atoms with van der Waals surface area (Å²) in [7, 11) is 1.50. The van der Waals surface area contributed by atoms with Crippen molar-refractivity contribution < 1.29 is 23.0 Å². The summed E-state index contributed by atoms with van der Waals surface area (Å²) in [6.45, 7) is 1.10. The Kier molecular flexibility index (Phi) is 4.22. The van der Waals surface area contributed by atoms with Crippen LogP contribution in [0.1, 0.15) is 28.3 Å². The molecule has 1 aliphatic heterocycles. The Morgan fingerprint density at radius 3 is 2.86 bits per heavy atom. The standard InChI is InChI=1S/C20H18F2N2O3S/c1-25-14-4-2-3-12-13(14)10-20(21,22)17(12)24-18-16-11(5-6-23-18)9-15(28-16)19-26-7-8-27-19/h2-6,9,17,19H,7-8,10H2,1H3,(H,23,24). The second kappa shape index (κ2) is 6.65. The van der Waals surface area contributed by atoms with Crippen LogP contribution in [-0.4, -0.2) is 31.2 Å². The van der Waals surface area contributed by atoms with Gasteiger partial charge >= 0.3 is 0 Å². The number of hydrogen-bond donors (Lipinski definition) is 1. The van der Waals surface area contributed by atoms with Crippen LogP contribution < -0.4 is 10.1 Å². The Balaban J connectivity index is 1.53. The third kappa shape index (κ3) is 2.83. The number of fused-ring (bicyclic) bond motifs is 2. The molecule has 3 aromatic rings. The number of nitrogens with one attached hydrogen (secondary N) is 1. The van der Waals surface area contributed by atoms with E-state index in [2.05, 4.69) is 10.3 Å². The highest BCUT2D eigenvalue weighted by molar-refractivity contribution is 7.19. The van der Waals surface area contributed by atoms with Gasteiger partial charge in [-0.2, -0.15) is 0 Å². The predicted octanol–water partition coefficient (Wildman–Crippen LogP) is 4.69. The summed E-state index contributed by atoms with van der Waals surface area (Å²) in [5, 5.41) is 3.92. The summed E-state index contributed by atoms with van der Waals surface area (Å²) in [6.07, 6.45) is 0.861. The molecule has 1 saturated heterocycles. The van der Waals surface area contributed by atoms with Gasteiger partial charge in [-0.15, -0.1) is 11.3 Å². The van der Waals surface area contributed by atoms with Crippen LogP contribution in [0.15, 0.2) is 36.5 Å². The van der Waals surface area contributed by atoms with Crippen molar-refractivity contribution in [3.63, 3.8) is 0 Å². The van der Waals surface area contributed by atoms with Gasteiger partial charge < -0.3 is 19.5 Å². The largest absolute Gasteiger partial charge is 0.496 e. The molecule has 28 heavy (non-hydrogen) atoms. The number of hydrogen-bond acceptors (Lipinski definition) is 6. The summed E-state index contributed by atoms with van der Waals surface area (Å²) < 4.78 is 47.0. The van der Waals surface area contributed by atoms with E-state index in [-0.39, 0.29) is 6.42 Å². The summed E-state index contributed by atoms with van der Waals surface area (Å²) in [4.78, 5) is 5.25. The van der Waals surface area contributed by atoms with E-state index in [0.29, 0.717) is 35.9 Å². The van der Waals surface area contributed by atoms with E-state index in [1.807, 2.05) is 12.1 Å². The van der Waals surface area contributed by atoms with Crippen molar-refractivity contribution in [1.82, 2.24) is 4.98 Å². The molecular formula is C20H18F2N2O3S. The third-order valence-corrected chi connectivity index (χ3v) is 6.30. The Morgan fingerprint density at radius 2 is 2.07 bits per heavy atom. The fourth-order valence-corrected chi connectivity index (χ4v) is 4.95. The van der Waals surface area contributed by atoms with Crippen LogP contribution in [0.3, 0.4) is 0 Å². The fourth-order valence-electron chi connectivity index (χ4n) is 3.85. The molecule has 1 atom stereocenters. The van der Waals surface area contributed by atoms with Crippen LogP contribution >= 0.6 is 11.3 Å². The molecule has 8 heteroatoms. The van der Waals surface area contributed by atoms with Crippen molar-refractivity contribution in [1.29, 1.82) is 0 Å². The minimum Gasteiger partial charge on any atom is -0.496 e. The molecule has 0 spiro atoms. The molecule has 2 aliphatic rings. The smallest absolute Gasteiger partial charge is 0.276 e. The number of aromatic nitrogens is 1. The van der Waals surface area contributed by atoms with Crippen LogP contribution in [0.4, 0.5) is 14.6 Å². The molecule has 2 aromatic heterocycles. The first kappa shape index (κ1) is 17.8. The molecule has 5 nitrogen and oxygen atoms in total. The lowest BCUT2D eigenvalue weighted by atomic mass is 10.1. The average Bonchev–Trinajstić information content (AvgIpc) is 3.39. The quantitative estimate of drug-likeness (QED) is 0.683. The first-order valence-electron chi connectivity index (χ1n) is 8.98. The van der Waals surface area contributed by atoms with Gasteiger partial charge in [0.1, 0.15) is 17.6 Å². The van der Waals surface area contributed by atoms with Crippen molar-refractivity contribution in [3.8, 4) is 5.75 Å². The highest BCUT2D eigenvalue weighted by Gasteiger charge is 2.49. The molecule has 5 rings (SSSR count). The van der Waals surface area contributed by atoms with Crippen LogP contribution in [0, 0.1) is 0 Å². The first-order valence-corrected chi connectivity index (χ1v) is 9.80. The van der Waals surface area contributed by atoms with E-state index in [9.17, 15) is 8.78 Å². The van der Waals surface area contributed by atoms with Crippen molar-refractivity contribution >= 4 is 27.2 Å². The second-order valence-corrected chi connectivity index (χ2v) is 7.93. The molecule has 1 aromatic carbocycles. The molecule has 1 N–H and O–H groups in total. The monoisotopic (exact) mass is 404 g/mol. The van der Waals surface area contributed by atoms with Crippen molar-refractivity contribution in [2.24, 2.45) is 0 Å². The SMILES string of the molecule is COc1cccc2c1CC(F)(F)C2Nc1nccc2cc(C3OCCO3)sc12. The van der Waals surface area contributed by atoms with Gasteiger partial charge in [0.25, 0.3) is 5.92 Å². The molecule has 1 unspecified atom stereocenters. The highest BCUT2D eigenvalue weighted by Crippen LogP contribution is 2.48. The van der Waals surface area contributed by atoms with E-state index in [0.717, 1.165) is 15.0 Å². The fraction of sp³-hybridized carbons (Fsp3) is 0.350. The first-order chi connectivity index (χ1) is 13.6. The van der Waals surface area contributed by atoms with Gasteiger partial charge in [0.2, 0.25) is 0 Å². The molecule has 146 valence electrons. The lowest BCUT2D eigenvalue weighted by Gasteiger charge is -2.22. The van der Waals surface area contributed by atoms with Crippen molar-refractivity contribution in [2.75, 3.05) is 25.6 Å². The lowest BCUT2D eigenvalue weighted by molar-refractivity contribution is -0.0412. The molecule has 1 fully saturated rings. The number of methoxy groups -OCH3 is 1. The maximum absolute atomic E-state index is 14.9. The maximum Gasteiger partial charge on any atom is 0.276 e. The molecule has 3 heterocycles. The van der Waals surface area contributed by atoms with Crippen LogP contribution in [0.5, 0.6) is 5.75 Å². The third-order valence-electron chi connectivity index (χ3n) is 5.12. The Morgan fingerprint density at radius 1 is 1.25 bits per heavy atom. The number of ether oxygens (including phenoxy) is 3. The number of anilines is 1. The van der Waals surface area contributed by atoms with Crippen LogP contribution in [0.2, 0.25) is 0 Å². The number of nitrogens with zero attached hydrogens (tertiary/aromatic N) is 1. The number of alkyl halides is 2. The zero-order valence-electron chi connectivity index (χ0n) is 15.1. The average molecular weight is 404 g/mol. The molecule has 0 saturated carbocycles. The van der Waals surface area contributed by atoms with E-state index in [1.165, 1.54) is 18.4 Å². The molecule has 1 aliphatic carbocycles. The van der Waals surface area contributed by atoms with Gasteiger partial charge in [-0.1, -0.05) is 12.1 Å². The Hall–Kier alpha value is -2.29. The topological polar surface area (TPSA) is 52.6 Å². The van der Waals surface area contributed by atoms with Crippen molar-refractivity contribution in [2.45, 2.75) is 24.7 Å². The second-order valence-electron chi connectivity index (χ2n) is 6.84. The molecule has 0 bridgehead atoms. The number of pyridine rings is 1. The molecule has 0 amide bonds. The highest BCUT2D eigenvalue weighted by atomic mass is 32.1. The summed E-state index contributed by atoms with van der Waals surface area (Å²) in [5.41, 5.74) is 1.08. The normalized spacial score (nSPS) is 21.2. The van der Waals surface area contributed by atoms with E-state index in [4.69, 9.17) is 14.2 Å². The van der Waals surface area contributed by atoms with E-state index >= 15 is 0 Å². The van der Waals surface area contributed by atoms with Crippen LogP contribution in [-0.2, 0) is 15.9 Å². The Bertz CT molecular complexity index is 1030. The summed E-state index contributed by atoms with van der Waals surface area (Å²) in [6, 6.07) is 7.83. The zero-order chi connectivity index (χ0) is 19.3. The minimum atomic E-state index is -2.95. The van der Waals surface area contributed by atoms with Crippen LogP contribution in [0.25, 0.3) is 10.1 Å². The van der Waals surface area contributed by atoms with E-state index < -0.39 is 18.3 Å². The number of benzene rings is 1. The number of thiophene rings is 1. The molecular weight excluding hydrogens is 386 g/mol. The van der Waals surface area contributed by atoms with Crippen molar-refractivity contribution in [3.05, 3.63) is 52.5 Å². The van der Waals surface area contributed by atoms with Gasteiger partial charge in [-0.25, -0.2) is 13.8 Å². The van der Waals surface area contributed by atoms with Gasteiger partial charge in [-0.05, 0) is 29.1 Å². The van der Waals surface area contributed by atoms with Gasteiger partial charge in [0.05, 0.1) is 29.9 Å². The summed E-state index contributed by atoms with van der Waals surface area (Å²) >= 11 is 1.45. The zero-order valence-corrected chi connectivity index (χ0v) is 15.9. The molecule has 0 radical (unpaired) electrons.